The maximum atomic E-state index is 9.44. The number of phenols is 1. The van der Waals surface area contributed by atoms with E-state index in [0.717, 1.165) is 0 Å². The Labute approximate surface area is 76.9 Å². The number of benzene rings is 1. The largest absolute Gasteiger partial charge is 0.507 e. The normalized spacial score (nSPS) is 10.6. The van der Waals surface area contributed by atoms with Crippen LogP contribution in [0.25, 0.3) is 6.08 Å². The highest BCUT2D eigenvalue weighted by Crippen LogP contribution is 2.24. The molecule has 0 saturated carbocycles. The molecule has 0 amide bonds. The van der Waals surface area contributed by atoms with Gasteiger partial charge >= 0.3 is 0 Å². The van der Waals surface area contributed by atoms with Crippen molar-refractivity contribution in [3.8, 4) is 11.5 Å². The summed E-state index contributed by atoms with van der Waals surface area (Å²) in [5.41, 5.74) is 0.662. The summed E-state index contributed by atoms with van der Waals surface area (Å²) in [5, 5.41) is 18.0. The smallest absolute Gasteiger partial charge is 0.126 e. The van der Waals surface area contributed by atoms with Gasteiger partial charge in [-0.15, -0.1) is 0 Å². The lowest BCUT2D eigenvalue weighted by Gasteiger charge is -2.02. The van der Waals surface area contributed by atoms with E-state index in [1.54, 1.807) is 24.3 Å². The number of hydrogen-bond donors (Lipinski definition) is 2. The number of methoxy groups -OCH3 is 1. The summed E-state index contributed by atoms with van der Waals surface area (Å²) in [6.45, 7) is -0.0362. The van der Waals surface area contributed by atoms with Crippen LogP contribution < -0.4 is 4.74 Å². The van der Waals surface area contributed by atoms with E-state index >= 15 is 0 Å². The van der Waals surface area contributed by atoms with E-state index in [-0.39, 0.29) is 12.4 Å². The molecule has 0 spiro atoms. The van der Waals surface area contributed by atoms with Gasteiger partial charge in [0.1, 0.15) is 11.5 Å². The zero-order valence-electron chi connectivity index (χ0n) is 7.40. The minimum absolute atomic E-state index is 0.0362. The van der Waals surface area contributed by atoms with Crippen molar-refractivity contribution < 1.29 is 14.9 Å². The van der Waals surface area contributed by atoms with Gasteiger partial charge < -0.3 is 14.9 Å². The van der Waals surface area contributed by atoms with Crippen LogP contribution in [0.15, 0.2) is 24.3 Å². The third-order valence-electron chi connectivity index (χ3n) is 1.64. The van der Waals surface area contributed by atoms with Crippen molar-refractivity contribution in [1.82, 2.24) is 0 Å². The predicted molar refractivity (Wildman–Crippen MR) is 50.8 cm³/mol. The van der Waals surface area contributed by atoms with Crippen molar-refractivity contribution in [2.45, 2.75) is 0 Å². The number of hydrogen-bond acceptors (Lipinski definition) is 3. The fourth-order valence-electron chi connectivity index (χ4n) is 0.971. The minimum atomic E-state index is -0.0362. The summed E-state index contributed by atoms with van der Waals surface area (Å²) in [7, 11) is 1.54. The van der Waals surface area contributed by atoms with Gasteiger partial charge in [0.2, 0.25) is 0 Å². The van der Waals surface area contributed by atoms with Crippen molar-refractivity contribution in [2.75, 3.05) is 13.7 Å². The number of rotatable bonds is 3. The van der Waals surface area contributed by atoms with Crippen molar-refractivity contribution >= 4 is 6.08 Å². The molecule has 13 heavy (non-hydrogen) atoms. The van der Waals surface area contributed by atoms with Crippen LogP contribution >= 0.6 is 0 Å². The summed E-state index contributed by atoms with van der Waals surface area (Å²) in [6.07, 6.45) is 3.20. The van der Waals surface area contributed by atoms with E-state index in [0.29, 0.717) is 11.3 Å². The number of ether oxygens (including phenoxy) is 1. The van der Waals surface area contributed by atoms with Gasteiger partial charge in [0.05, 0.1) is 13.7 Å². The van der Waals surface area contributed by atoms with Gasteiger partial charge in [-0.2, -0.15) is 0 Å². The van der Waals surface area contributed by atoms with Crippen molar-refractivity contribution in [3.05, 3.63) is 29.8 Å². The quantitative estimate of drug-likeness (QED) is 0.739. The number of phenolic OH excluding ortho intramolecular Hbond substituents is 1. The molecule has 1 aromatic carbocycles. The molecule has 1 aromatic rings. The van der Waals surface area contributed by atoms with E-state index < -0.39 is 0 Å². The van der Waals surface area contributed by atoms with Crippen LogP contribution in [-0.2, 0) is 0 Å². The molecule has 0 aliphatic rings. The second-order valence-corrected chi connectivity index (χ2v) is 2.51. The van der Waals surface area contributed by atoms with E-state index in [1.165, 1.54) is 13.2 Å². The van der Waals surface area contributed by atoms with Crippen LogP contribution in [0.4, 0.5) is 0 Å². The molecule has 1 rings (SSSR count). The molecule has 0 saturated heterocycles. The highest BCUT2D eigenvalue weighted by molar-refractivity contribution is 5.58. The van der Waals surface area contributed by atoms with Crippen LogP contribution in [0.3, 0.4) is 0 Å². The Morgan fingerprint density at radius 1 is 1.46 bits per heavy atom. The molecule has 0 bridgehead atoms. The van der Waals surface area contributed by atoms with E-state index in [4.69, 9.17) is 9.84 Å². The predicted octanol–water partition coefficient (Wildman–Crippen LogP) is 1.41. The number of aliphatic hydroxyl groups excluding tert-OH is 1. The molecule has 0 atom stereocenters. The van der Waals surface area contributed by atoms with Crippen LogP contribution in [0.1, 0.15) is 5.56 Å². The second kappa shape index (κ2) is 4.52. The lowest BCUT2D eigenvalue weighted by Crippen LogP contribution is -1.83. The summed E-state index contributed by atoms with van der Waals surface area (Å²) >= 11 is 0. The van der Waals surface area contributed by atoms with E-state index in [1.807, 2.05) is 0 Å². The Bertz CT molecular complexity index is 305. The van der Waals surface area contributed by atoms with Gasteiger partial charge in [-0.25, -0.2) is 0 Å². The van der Waals surface area contributed by atoms with Crippen LogP contribution in [-0.4, -0.2) is 23.9 Å². The van der Waals surface area contributed by atoms with Gasteiger partial charge in [0.15, 0.2) is 0 Å². The van der Waals surface area contributed by atoms with E-state index in [2.05, 4.69) is 0 Å². The minimum Gasteiger partial charge on any atom is -0.507 e. The average Bonchev–Trinajstić information content (AvgIpc) is 2.16. The molecule has 0 heterocycles. The molecule has 3 heteroatoms. The van der Waals surface area contributed by atoms with Gasteiger partial charge in [-0.1, -0.05) is 12.2 Å². The van der Waals surface area contributed by atoms with Crippen LogP contribution in [0, 0.1) is 0 Å². The standard InChI is InChI=1S/C10H12O3/c1-13-9-5-4-8(3-2-6-11)10(12)7-9/h2-5,7,11-12H,6H2,1H3/b3-2+. The molecule has 70 valence electrons. The molecular weight excluding hydrogens is 168 g/mol. The van der Waals surface area contributed by atoms with Gasteiger partial charge in [-0.3, -0.25) is 0 Å². The van der Waals surface area contributed by atoms with Crippen molar-refractivity contribution in [1.29, 1.82) is 0 Å². The van der Waals surface area contributed by atoms with E-state index in [9.17, 15) is 5.11 Å². The Morgan fingerprint density at radius 3 is 2.77 bits per heavy atom. The SMILES string of the molecule is COc1ccc(/C=C/CO)c(O)c1. The molecule has 3 nitrogen and oxygen atoms in total. The first-order valence-corrected chi connectivity index (χ1v) is 3.92. The van der Waals surface area contributed by atoms with Crippen LogP contribution in [0.2, 0.25) is 0 Å². The topological polar surface area (TPSA) is 49.7 Å². The third kappa shape index (κ3) is 2.49. The first kappa shape index (κ1) is 9.61. The Balaban J connectivity index is 2.91. The Hall–Kier alpha value is -1.48. The van der Waals surface area contributed by atoms with Gasteiger partial charge in [-0.05, 0) is 12.1 Å². The first-order valence-electron chi connectivity index (χ1n) is 3.92. The second-order valence-electron chi connectivity index (χ2n) is 2.51. The van der Waals surface area contributed by atoms with Gasteiger partial charge in [0, 0.05) is 11.6 Å². The van der Waals surface area contributed by atoms with Crippen LogP contribution in [0.5, 0.6) is 11.5 Å². The molecule has 0 fully saturated rings. The molecule has 0 radical (unpaired) electrons. The zero-order chi connectivity index (χ0) is 9.68. The molecule has 2 N–H and O–H groups in total. The highest BCUT2D eigenvalue weighted by Gasteiger charge is 1.98. The summed E-state index contributed by atoms with van der Waals surface area (Å²) in [4.78, 5) is 0. The average molecular weight is 180 g/mol. The number of aliphatic hydroxyl groups is 1. The zero-order valence-corrected chi connectivity index (χ0v) is 7.40. The lowest BCUT2D eigenvalue weighted by molar-refractivity contribution is 0.343. The number of aromatic hydroxyl groups is 1. The lowest BCUT2D eigenvalue weighted by atomic mass is 10.2. The monoisotopic (exact) mass is 180 g/mol. The van der Waals surface area contributed by atoms with Crippen molar-refractivity contribution in [2.24, 2.45) is 0 Å². The fourth-order valence-corrected chi connectivity index (χ4v) is 0.971. The highest BCUT2D eigenvalue weighted by atomic mass is 16.5. The maximum Gasteiger partial charge on any atom is 0.126 e. The van der Waals surface area contributed by atoms with Crippen molar-refractivity contribution in [3.63, 3.8) is 0 Å². The fraction of sp³-hybridized carbons (Fsp3) is 0.200. The molecule has 0 unspecified atom stereocenters. The molecular formula is C10H12O3. The molecule has 0 aliphatic heterocycles. The Kier molecular flexibility index (Phi) is 3.34. The first-order chi connectivity index (χ1) is 6.27. The Morgan fingerprint density at radius 2 is 2.23 bits per heavy atom. The third-order valence-corrected chi connectivity index (χ3v) is 1.64. The molecule has 0 aliphatic carbocycles. The molecule has 0 aromatic heterocycles. The maximum absolute atomic E-state index is 9.44. The summed E-state index contributed by atoms with van der Waals surface area (Å²) in [5.74, 6) is 0.752. The summed E-state index contributed by atoms with van der Waals surface area (Å²) in [6, 6.07) is 4.99. The van der Waals surface area contributed by atoms with Gasteiger partial charge in [0.25, 0.3) is 0 Å². The summed E-state index contributed by atoms with van der Waals surface area (Å²) < 4.78 is 4.92.